The van der Waals surface area contributed by atoms with Gasteiger partial charge in [0.15, 0.2) is 0 Å². The Bertz CT molecular complexity index is 132. The molecule has 2 nitrogen and oxygen atoms in total. The van der Waals surface area contributed by atoms with Gasteiger partial charge in [-0.2, -0.15) is 0 Å². The molecule has 1 N–H and O–H groups in total. The van der Waals surface area contributed by atoms with E-state index in [4.69, 9.17) is 11.8 Å². The van der Waals surface area contributed by atoms with E-state index < -0.39 is 0 Å². The molecule has 0 aromatic heterocycles. The summed E-state index contributed by atoms with van der Waals surface area (Å²) in [7, 11) is 0. The molecule has 0 aliphatic rings. The third kappa shape index (κ3) is 2.76. The Morgan fingerprint density at radius 3 is 2.44 bits per heavy atom. The van der Waals surface area contributed by atoms with Gasteiger partial charge in [-0.05, 0) is 13.8 Å². The first-order valence-electron chi connectivity index (χ1n) is 2.96. The zero-order valence-corrected chi connectivity index (χ0v) is 5.94. The summed E-state index contributed by atoms with van der Waals surface area (Å²) >= 11 is 0. The third-order valence-corrected chi connectivity index (χ3v) is 1.14. The second-order valence-corrected chi connectivity index (χ2v) is 1.80. The fraction of sp³-hybridized carbons (Fsp3) is 0.571. The molecule has 0 rings (SSSR count). The molecule has 0 amide bonds. The molecule has 0 aromatic carbocycles. The molecule has 0 bridgehead atoms. The Kier molecular flexibility index (Phi) is 3.54. The normalized spacial score (nSPS) is 8.11. The molecule has 0 spiro atoms. The highest BCUT2D eigenvalue weighted by Gasteiger charge is 1.97. The summed E-state index contributed by atoms with van der Waals surface area (Å²) in [6.45, 7) is 5.08. The van der Waals surface area contributed by atoms with Gasteiger partial charge < -0.3 is 4.90 Å². The van der Waals surface area contributed by atoms with E-state index in [9.17, 15) is 0 Å². The van der Waals surface area contributed by atoms with E-state index in [0.717, 1.165) is 6.54 Å². The van der Waals surface area contributed by atoms with Gasteiger partial charge in [0.1, 0.15) is 0 Å². The van der Waals surface area contributed by atoms with E-state index in [-0.39, 0.29) is 0 Å². The Balaban J connectivity index is 3.71. The van der Waals surface area contributed by atoms with Gasteiger partial charge in [-0.1, -0.05) is 5.92 Å². The second-order valence-electron chi connectivity index (χ2n) is 1.80. The Morgan fingerprint density at radius 2 is 2.33 bits per heavy atom. The molecular weight excluding hydrogens is 112 g/mol. The van der Waals surface area contributed by atoms with Crippen molar-refractivity contribution in [3.63, 3.8) is 0 Å². The largest absolute Gasteiger partial charge is 0.350 e. The second kappa shape index (κ2) is 3.96. The molecule has 0 heterocycles. The van der Waals surface area contributed by atoms with Crippen LogP contribution in [0.15, 0.2) is 0 Å². The predicted molar refractivity (Wildman–Crippen MR) is 39.5 cm³/mol. The molecule has 0 fully saturated rings. The number of rotatable bonds is 2. The number of hydrogen-bond acceptors (Lipinski definition) is 1. The summed E-state index contributed by atoms with van der Waals surface area (Å²) in [5, 5.41) is 7.19. The lowest BCUT2D eigenvalue weighted by Gasteiger charge is -2.17. The SMILES string of the molecule is C#CCN(CC)C(C)=N. The highest BCUT2D eigenvalue weighted by Crippen LogP contribution is 1.85. The fourth-order valence-corrected chi connectivity index (χ4v) is 0.578. The molecule has 0 unspecified atom stereocenters. The lowest BCUT2D eigenvalue weighted by molar-refractivity contribution is 0.489. The van der Waals surface area contributed by atoms with Gasteiger partial charge in [0.25, 0.3) is 0 Å². The monoisotopic (exact) mass is 124 g/mol. The van der Waals surface area contributed by atoms with Crippen molar-refractivity contribution in [2.75, 3.05) is 13.1 Å². The van der Waals surface area contributed by atoms with Crippen LogP contribution in [-0.4, -0.2) is 23.8 Å². The van der Waals surface area contributed by atoms with Crippen molar-refractivity contribution in [3.05, 3.63) is 0 Å². The van der Waals surface area contributed by atoms with E-state index in [2.05, 4.69) is 5.92 Å². The standard InChI is InChI=1S/C7H12N2/c1-4-6-9(5-2)7(3)8/h1,8H,5-6H2,2-3H3. The first-order chi connectivity index (χ1) is 4.22. The van der Waals surface area contributed by atoms with Gasteiger partial charge in [0, 0.05) is 6.54 Å². The van der Waals surface area contributed by atoms with E-state index in [1.54, 1.807) is 6.92 Å². The number of hydrogen-bond donors (Lipinski definition) is 1. The van der Waals surface area contributed by atoms with Crippen LogP contribution in [0.1, 0.15) is 13.8 Å². The van der Waals surface area contributed by atoms with E-state index in [0.29, 0.717) is 12.4 Å². The molecule has 0 aliphatic heterocycles. The quantitative estimate of drug-likeness (QED) is 0.331. The molecule has 2 heteroatoms. The van der Waals surface area contributed by atoms with Gasteiger partial charge in [-0.25, -0.2) is 0 Å². The van der Waals surface area contributed by atoms with Crippen LogP contribution in [0, 0.1) is 17.8 Å². The van der Waals surface area contributed by atoms with Crippen LogP contribution in [-0.2, 0) is 0 Å². The smallest absolute Gasteiger partial charge is 0.0933 e. The van der Waals surface area contributed by atoms with Crippen molar-refractivity contribution in [2.24, 2.45) is 0 Å². The topological polar surface area (TPSA) is 27.1 Å². The summed E-state index contributed by atoms with van der Waals surface area (Å²) in [6.07, 6.45) is 5.05. The number of terminal acetylenes is 1. The molecule has 9 heavy (non-hydrogen) atoms. The predicted octanol–water partition coefficient (Wildman–Crippen LogP) is 0.939. The average molecular weight is 124 g/mol. The minimum absolute atomic E-state index is 0.537. The number of nitrogens with zero attached hydrogens (tertiary/aromatic N) is 1. The van der Waals surface area contributed by atoms with E-state index in [1.165, 1.54) is 0 Å². The fourth-order valence-electron chi connectivity index (χ4n) is 0.578. The van der Waals surface area contributed by atoms with Crippen LogP contribution >= 0.6 is 0 Å². The van der Waals surface area contributed by atoms with Gasteiger partial charge in [0.05, 0.1) is 12.4 Å². The zero-order chi connectivity index (χ0) is 7.28. The van der Waals surface area contributed by atoms with Crippen molar-refractivity contribution >= 4 is 5.84 Å². The summed E-state index contributed by atoms with van der Waals surface area (Å²) in [6, 6.07) is 0. The van der Waals surface area contributed by atoms with Crippen LogP contribution in [0.5, 0.6) is 0 Å². The summed E-state index contributed by atoms with van der Waals surface area (Å²) in [4.78, 5) is 1.82. The third-order valence-electron chi connectivity index (χ3n) is 1.14. The van der Waals surface area contributed by atoms with Crippen LogP contribution < -0.4 is 0 Å². The minimum atomic E-state index is 0.537. The van der Waals surface area contributed by atoms with Crippen LogP contribution in [0.4, 0.5) is 0 Å². The Morgan fingerprint density at radius 1 is 1.78 bits per heavy atom. The van der Waals surface area contributed by atoms with E-state index >= 15 is 0 Å². The van der Waals surface area contributed by atoms with Crippen LogP contribution in [0.2, 0.25) is 0 Å². The van der Waals surface area contributed by atoms with Crippen molar-refractivity contribution < 1.29 is 0 Å². The first kappa shape index (κ1) is 8.03. The maximum atomic E-state index is 7.19. The molecule has 0 aromatic rings. The maximum Gasteiger partial charge on any atom is 0.0933 e. The summed E-state index contributed by atoms with van der Waals surface area (Å²) in [5.74, 6) is 3.02. The van der Waals surface area contributed by atoms with Crippen molar-refractivity contribution in [2.45, 2.75) is 13.8 Å². The molecule has 0 atom stereocenters. The van der Waals surface area contributed by atoms with Gasteiger partial charge >= 0.3 is 0 Å². The maximum absolute atomic E-state index is 7.19. The molecule has 50 valence electrons. The van der Waals surface area contributed by atoms with Crippen molar-refractivity contribution in [1.29, 1.82) is 5.41 Å². The molecule has 0 saturated heterocycles. The van der Waals surface area contributed by atoms with Gasteiger partial charge in [0.2, 0.25) is 0 Å². The minimum Gasteiger partial charge on any atom is -0.350 e. The number of amidine groups is 1. The van der Waals surface area contributed by atoms with Gasteiger partial charge in [-0.15, -0.1) is 6.42 Å². The first-order valence-corrected chi connectivity index (χ1v) is 2.96. The van der Waals surface area contributed by atoms with Gasteiger partial charge in [-0.3, -0.25) is 5.41 Å². The lowest BCUT2D eigenvalue weighted by Crippen LogP contribution is -2.27. The highest BCUT2D eigenvalue weighted by atomic mass is 15.1. The Hall–Kier alpha value is -0.970. The van der Waals surface area contributed by atoms with Crippen molar-refractivity contribution in [3.8, 4) is 12.3 Å². The Labute approximate surface area is 56.4 Å². The summed E-state index contributed by atoms with van der Waals surface area (Å²) in [5.41, 5.74) is 0. The summed E-state index contributed by atoms with van der Waals surface area (Å²) < 4.78 is 0. The lowest BCUT2D eigenvalue weighted by atomic mass is 10.4. The van der Waals surface area contributed by atoms with Crippen LogP contribution in [0.25, 0.3) is 0 Å². The average Bonchev–Trinajstić information content (AvgIpc) is 1.82. The van der Waals surface area contributed by atoms with Crippen molar-refractivity contribution in [1.82, 2.24) is 4.90 Å². The highest BCUT2D eigenvalue weighted by molar-refractivity contribution is 5.76. The number of nitrogens with one attached hydrogen (secondary N) is 1. The van der Waals surface area contributed by atoms with E-state index in [1.807, 2.05) is 11.8 Å². The molecule has 0 radical (unpaired) electrons. The molecule has 0 saturated carbocycles. The molecule has 0 aliphatic carbocycles. The molecular formula is C7H12N2. The zero-order valence-electron chi connectivity index (χ0n) is 5.94. The van der Waals surface area contributed by atoms with Crippen LogP contribution in [0.3, 0.4) is 0 Å².